The first-order chi connectivity index (χ1) is 11.1. The molecule has 1 N–H and O–H groups in total. The Labute approximate surface area is 142 Å². The van der Waals surface area contributed by atoms with Gasteiger partial charge in [0.2, 0.25) is 0 Å². The molecule has 0 radical (unpaired) electrons. The van der Waals surface area contributed by atoms with Crippen LogP contribution in [0.1, 0.15) is 34.3 Å². The Morgan fingerprint density at radius 3 is 2.48 bits per heavy atom. The molecule has 0 bridgehead atoms. The topological polar surface area (TPSA) is 32.3 Å². The molecule has 1 heterocycles. The van der Waals surface area contributed by atoms with Crippen LogP contribution in [0.25, 0.3) is 0 Å². The summed E-state index contributed by atoms with van der Waals surface area (Å²) in [5.74, 6) is -0.140. The van der Waals surface area contributed by atoms with E-state index >= 15 is 0 Å². The van der Waals surface area contributed by atoms with Crippen molar-refractivity contribution in [2.45, 2.75) is 26.3 Å². The molecule has 4 heteroatoms. The van der Waals surface area contributed by atoms with Crippen molar-refractivity contribution in [2.75, 3.05) is 18.0 Å². The molecule has 1 aliphatic rings. The van der Waals surface area contributed by atoms with Crippen LogP contribution >= 0.6 is 11.6 Å². The van der Waals surface area contributed by atoms with E-state index in [4.69, 9.17) is 11.6 Å². The zero-order valence-electron chi connectivity index (χ0n) is 13.3. The van der Waals surface area contributed by atoms with Gasteiger partial charge in [0.05, 0.1) is 10.6 Å². The molecule has 23 heavy (non-hydrogen) atoms. The van der Waals surface area contributed by atoms with Crippen LogP contribution in [0.4, 0.5) is 5.69 Å². The van der Waals surface area contributed by atoms with Crippen molar-refractivity contribution >= 4 is 23.2 Å². The lowest BCUT2D eigenvalue weighted by molar-refractivity contribution is 0.0951. The molecule has 1 saturated heterocycles. The summed E-state index contributed by atoms with van der Waals surface area (Å²) in [5, 5.41) is 3.42. The maximum absolute atomic E-state index is 12.2. The molecule has 0 aromatic heterocycles. The molecule has 1 fully saturated rings. The second-order valence-corrected chi connectivity index (χ2v) is 6.43. The minimum Gasteiger partial charge on any atom is -0.372 e. The number of amides is 1. The van der Waals surface area contributed by atoms with E-state index in [-0.39, 0.29) is 5.91 Å². The maximum atomic E-state index is 12.2. The average Bonchev–Trinajstić information content (AvgIpc) is 3.07. The Bertz CT molecular complexity index is 691. The zero-order chi connectivity index (χ0) is 16.2. The lowest BCUT2D eigenvalue weighted by Crippen LogP contribution is -2.23. The fraction of sp³-hybridized carbons (Fsp3) is 0.316. The molecular formula is C19H21ClN2O. The van der Waals surface area contributed by atoms with Crippen LogP contribution < -0.4 is 10.2 Å². The Balaban J connectivity index is 1.60. The van der Waals surface area contributed by atoms with Gasteiger partial charge in [-0.1, -0.05) is 29.8 Å². The molecule has 0 unspecified atom stereocenters. The van der Waals surface area contributed by atoms with Crippen molar-refractivity contribution in [3.8, 4) is 0 Å². The number of halogens is 1. The minimum atomic E-state index is -0.140. The summed E-state index contributed by atoms with van der Waals surface area (Å²) < 4.78 is 0. The molecule has 0 saturated carbocycles. The SMILES string of the molecule is Cc1ccc(C(=O)NCc2ccc(N3CCCC3)cc2)c(Cl)c1. The van der Waals surface area contributed by atoms with Crippen LogP contribution in [0.2, 0.25) is 5.02 Å². The van der Waals surface area contributed by atoms with Gasteiger partial charge in [-0.25, -0.2) is 0 Å². The van der Waals surface area contributed by atoms with Crippen LogP contribution in [0.5, 0.6) is 0 Å². The van der Waals surface area contributed by atoms with Crippen LogP contribution in [0, 0.1) is 6.92 Å². The Kier molecular flexibility index (Phi) is 4.87. The van der Waals surface area contributed by atoms with Crippen LogP contribution in [-0.2, 0) is 6.54 Å². The molecule has 0 aliphatic carbocycles. The standard InChI is InChI=1S/C19H21ClN2O/c1-14-4-9-17(18(20)12-14)19(23)21-13-15-5-7-16(8-6-15)22-10-2-3-11-22/h4-9,12H,2-3,10-11,13H2,1H3,(H,21,23). The molecule has 0 atom stereocenters. The first-order valence-corrected chi connectivity index (χ1v) is 8.39. The molecule has 1 aliphatic heterocycles. The fourth-order valence-corrected chi connectivity index (χ4v) is 3.20. The number of benzene rings is 2. The van der Waals surface area contributed by atoms with Gasteiger partial charge >= 0.3 is 0 Å². The third-order valence-electron chi connectivity index (χ3n) is 4.23. The van der Waals surface area contributed by atoms with Gasteiger partial charge in [0.1, 0.15) is 0 Å². The third kappa shape index (κ3) is 3.85. The predicted molar refractivity (Wildman–Crippen MR) is 95.2 cm³/mol. The van der Waals surface area contributed by atoms with Gasteiger partial charge in [0, 0.05) is 25.3 Å². The number of nitrogens with one attached hydrogen (secondary N) is 1. The second-order valence-electron chi connectivity index (χ2n) is 6.03. The zero-order valence-corrected chi connectivity index (χ0v) is 14.1. The van der Waals surface area contributed by atoms with Crippen molar-refractivity contribution in [1.29, 1.82) is 0 Å². The van der Waals surface area contributed by atoms with Gasteiger partial charge in [0.15, 0.2) is 0 Å². The number of hydrogen-bond acceptors (Lipinski definition) is 2. The first kappa shape index (κ1) is 15.9. The molecular weight excluding hydrogens is 308 g/mol. The van der Waals surface area contributed by atoms with Crippen molar-refractivity contribution in [3.63, 3.8) is 0 Å². The molecule has 2 aromatic carbocycles. The fourth-order valence-electron chi connectivity index (χ4n) is 2.88. The molecule has 1 amide bonds. The van der Waals surface area contributed by atoms with Gasteiger partial charge in [-0.15, -0.1) is 0 Å². The normalized spacial score (nSPS) is 14.1. The molecule has 2 aromatic rings. The Morgan fingerprint density at radius 2 is 1.83 bits per heavy atom. The van der Waals surface area contributed by atoms with Crippen LogP contribution in [0.15, 0.2) is 42.5 Å². The molecule has 0 spiro atoms. The van der Waals surface area contributed by atoms with Crippen LogP contribution in [0.3, 0.4) is 0 Å². The summed E-state index contributed by atoms with van der Waals surface area (Å²) >= 11 is 6.13. The third-order valence-corrected chi connectivity index (χ3v) is 4.54. The summed E-state index contributed by atoms with van der Waals surface area (Å²) in [4.78, 5) is 14.6. The number of carbonyl (C=O) groups is 1. The van der Waals surface area contributed by atoms with Crippen LogP contribution in [-0.4, -0.2) is 19.0 Å². The highest BCUT2D eigenvalue weighted by molar-refractivity contribution is 6.33. The van der Waals surface area contributed by atoms with E-state index in [0.29, 0.717) is 17.1 Å². The van der Waals surface area contributed by atoms with E-state index in [9.17, 15) is 4.79 Å². The summed E-state index contributed by atoms with van der Waals surface area (Å²) in [5.41, 5.74) is 3.92. The van der Waals surface area contributed by atoms with Gasteiger partial charge in [0.25, 0.3) is 5.91 Å². The van der Waals surface area contributed by atoms with Crippen molar-refractivity contribution in [2.24, 2.45) is 0 Å². The number of hydrogen-bond donors (Lipinski definition) is 1. The summed E-state index contributed by atoms with van der Waals surface area (Å²) in [7, 11) is 0. The molecule has 3 rings (SSSR count). The minimum absolute atomic E-state index is 0.140. The average molecular weight is 329 g/mol. The molecule has 120 valence electrons. The highest BCUT2D eigenvalue weighted by Crippen LogP contribution is 2.21. The lowest BCUT2D eigenvalue weighted by atomic mass is 10.1. The highest BCUT2D eigenvalue weighted by Gasteiger charge is 2.12. The second kappa shape index (κ2) is 7.05. The maximum Gasteiger partial charge on any atom is 0.253 e. The number of aryl methyl sites for hydroxylation is 1. The number of nitrogens with zero attached hydrogens (tertiary/aromatic N) is 1. The highest BCUT2D eigenvalue weighted by atomic mass is 35.5. The largest absolute Gasteiger partial charge is 0.372 e. The Morgan fingerprint density at radius 1 is 1.13 bits per heavy atom. The number of rotatable bonds is 4. The van der Waals surface area contributed by atoms with Gasteiger partial charge < -0.3 is 10.2 Å². The molecule has 3 nitrogen and oxygen atoms in total. The number of anilines is 1. The summed E-state index contributed by atoms with van der Waals surface area (Å²) in [6, 6.07) is 13.9. The van der Waals surface area contributed by atoms with Gasteiger partial charge in [-0.05, 0) is 55.2 Å². The van der Waals surface area contributed by atoms with Gasteiger partial charge in [-0.3, -0.25) is 4.79 Å². The monoisotopic (exact) mass is 328 g/mol. The van der Waals surface area contributed by atoms with E-state index in [0.717, 1.165) is 24.2 Å². The Hall–Kier alpha value is -2.00. The smallest absolute Gasteiger partial charge is 0.253 e. The van der Waals surface area contributed by atoms with Crippen molar-refractivity contribution in [1.82, 2.24) is 5.32 Å². The van der Waals surface area contributed by atoms with E-state index in [1.165, 1.54) is 18.5 Å². The summed E-state index contributed by atoms with van der Waals surface area (Å²) in [6.07, 6.45) is 2.55. The predicted octanol–water partition coefficient (Wildman–Crippen LogP) is 4.18. The van der Waals surface area contributed by atoms with E-state index in [1.54, 1.807) is 12.1 Å². The van der Waals surface area contributed by atoms with E-state index in [2.05, 4.69) is 34.5 Å². The van der Waals surface area contributed by atoms with E-state index < -0.39 is 0 Å². The van der Waals surface area contributed by atoms with Crippen molar-refractivity contribution in [3.05, 3.63) is 64.2 Å². The number of carbonyl (C=O) groups excluding carboxylic acids is 1. The van der Waals surface area contributed by atoms with E-state index in [1.807, 2.05) is 13.0 Å². The van der Waals surface area contributed by atoms with Crippen molar-refractivity contribution < 1.29 is 4.79 Å². The first-order valence-electron chi connectivity index (χ1n) is 8.02. The van der Waals surface area contributed by atoms with Gasteiger partial charge in [-0.2, -0.15) is 0 Å². The quantitative estimate of drug-likeness (QED) is 0.913. The lowest BCUT2D eigenvalue weighted by Gasteiger charge is -2.17. The summed E-state index contributed by atoms with van der Waals surface area (Å²) in [6.45, 7) is 4.74.